The molecule has 3 rings (SSSR count). The number of carbonyl (C=O) groups is 1. The Morgan fingerprint density at radius 1 is 1.39 bits per heavy atom. The maximum atomic E-state index is 12.4. The summed E-state index contributed by atoms with van der Waals surface area (Å²) in [5, 5.41) is 2.07. The summed E-state index contributed by atoms with van der Waals surface area (Å²) in [5.74, 6) is 1.33. The first-order valence-electron chi connectivity index (χ1n) is 6.18. The highest BCUT2D eigenvalue weighted by molar-refractivity contribution is 8.02. The summed E-state index contributed by atoms with van der Waals surface area (Å²) in [6.45, 7) is 2.55. The molecule has 0 aromatic heterocycles. The average molecular weight is 268 g/mol. The van der Waals surface area contributed by atoms with E-state index in [0.29, 0.717) is 26.3 Å². The highest BCUT2D eigenvalue weighted by Crippen LogP contribution is 2.29. The SMILES string of the molecule is O=C(C1N=COC1C1C=CSC1)N1CCOCC1. The zero-order valence-corrected chi connectivity index (χ0v) is 10.8. The van der Waals surface area contributed by atoms with Crippen molar-refractivity contribution >= 4 is 24.1 Å². The Bertz CT molecular complexity index is 380. The normalized spacial score (nSPS) is 34.9. The molecule has 1 amide bonds. The topological polar surface area (TPSA) is 51.1 Å². The summed E-state index contributed by atoms with van der Waals surface area (Å²) in [5.41, 5.74) is 0. The van der Waals surface area contributed by atoms with Gasteiger partial charge in [0.25, 0.3) is 5.91 Å². The van der Waals surface area contributed by atoms with Gasteiger partial charge in [-0.15, -0.1) is 11.8 Å². The molecular formula is C12H16N2O3S. The van der Waals surface area contributed by atoms with Crippen LogP contribution in [0.4, 0.5) is 0 Å². The number of thioether (sulfide) groups is 1. The lowest BCUT2D eigenvalue weighted by Crippen LogP contribution is -2.49. The van der Waals surface area contributed by atoms with Gasteiger partial charge < -0.3 is 14.4 Å². The Morgan fingerprint density at radius 3 is 2.94 bits per heavy atom. The zero-order chi connectivity index (χ0) is 12.4. The lowest BCUT2D eigenvalue weighted by molar-refractivity contribution is -0.138. The molecule has 0 spiro atoms. The molecule has 0 saturated carbocycles. The van der Waals surface area contributed by atoms with E-state index in [1.807, 2.05) is 4.90 Å². The van der Waals surface area contributed by atoms with Gasteiger partial charge >= 0.3 is 0 Å². The van der Waals surface area contributed by atoms with Gasteiger partial charge in [0, 0.05) is 24.8 Å². The van der Waals surface area contributed by atoms with Crippen LogP contribution in [0, 0.1) is 5.92 Å². The maximum Gasteiger partial charge on any atom is 0.251 e. The van der Waals surface area contributed by atoms with Gasteiger partial charge in [-0.3, -0.25) is 4.79 Å². The van der Waals surface area contributed by atoms with Crippen LogP contribution in [0.15, 0.2) is 16.5 Å². The average Bonchev–Trinajstić information content (AvgIpc) is 3.09. The quantitative estimate of drug-likeness (QED) is 0.732. The molecule has 0 aromatic rings. The lowest BCUT2D eigenvalue weighted by atomic mass is 9.97. The Morgan fingerprint density at radius 2 is 2.22 bits per heavy atom. The third kappa shape index (κ3) is 2.27. The molecule has 5 nitrogen and oxygen atoms in total. The minimum Gasteiger partial charge on any atom is -0.477 e. The van der Waals surface area contributed by atoms with Crippen LogP contribution in [0.2, 0.25) is 0 Å². The van der Waals surface area contributed by atoms with E-state index in [0.717, 1.165) is 5.75 Å². The smallest absolute Gasteiger partial charge is 0.251 e. The second-order valence-electron chi connectivity index (χ2n) is 4.56. The van der Waals surface area contributed by atoms with Crippen LogP contribution >= 0.6 is 11.8 Å². The molecule has 1 saturated heterocycles. The Hall–Kier alpha value is -1.01. The second-order valence-corrected chi connectivity index (χ2v) is 5.50. The molecule has 0 radical (unpaired) electrons. The van der Waals surface area contributed by atoms with Gasteiger partial charge in [0.2, 0.25) is 0 Å². The molecular weight excluding hydrogens is 252 g/mol. The van der Waals surface area contributed by atoms with Gasteiger partial charge in [-0.25, -0.2) is 4.99 Å². The molecule has 3 atom stereocenters. The van der Waals surface area contributed by atoms with E-state index in [2.05, 4.69) is 16.5 Å². The second kappa shape index (κ2) is 5.32. The van der Waals surface area contributed by atoms with Gasteiger partial charge in [0.1, 0.15) is 6.10 Å². The van der Waals surface area contributed by atoms with E-state index in [1.54, 1.807) is 11.8 Å². The molecule has 0 N–H and O–H groups in total. The predicted octanol–water partition coefficient (Wildman–Crippen LogP) is 0.518. The summed E-state index contributed by atoms with van der Waals surface area (Å²) >= 11 is 1.76. The lowest BCUT2D eigenvalue weighted by Gasteiger charge is -2.30. The fraction of sp³-hybridized carbons (Fsp3) is 0.667. The number of aliphatic imine (C=N–C) groups is 1. The van der Waals surface area contributed by atoms with Crippen molar-refractivity contribution in [3.05, 3.63) is 11.5 Å². The summed E-state index contributed by atoms with van der Waals surface area (Å²) in [7, 11) is 0. The first kappa shape index (κ1) is 12.0. The number of hydrogen-bond acceptors (Lipinski definition) is 5. The predicted molar refractivity (Wildman–Crippen MR) is 69.6 cm³/mol. The van der Waals surface area contributed by atoms with E-state index in [1.165, 1.54) is 6.40 Å². The van der Waals surface area contributed by atoms with Gasteiger partial charge in [-0.2, -0.15) is 0 Å². The largest absolute Gasteiger partial charge is 0.477 e. The van der Waals surface area contributed by atoms with Crippen molar-refractivity contribution < 1.29 is 14.3 Å². The highest BCUT2D eigenvalue weighted by atomic mass is 32.2. The van der Waals surface area contributed by atoms with Crippen LogP contribution in [-0.2, 0) is 14.3 Å². The monoisotopic (exact) mass is 268 g/mol. The first-order chi connectivity index (χ1) is 8.86. The first-order valence-corrected chi connectivity index (χ1v) is 7.23. The molecule has 1 fully saturated rings. The summed E-state index contributed by atoms with van der Waals surface area (Å²) in [4.78, 5) is 18.5. The minimum atomic E-state index is -0.378. The number of morpholine rings is 1. The molecule has 6 heteroatoms. The number of rotatable bonds is 2. The third-order valence-electron chi connectivity index (χ3n) is 3.46. The Balaban J connectivity index is 1.67. The zero-order valence-electron chi connectivity index (χ0n) is 10.0. The van der Waals surface area contributed by atoms with E-state index in [4.69, 9.17) is 9.47 Å². The van der Waals surface area contributed by atoms with Gasteiger partial charge in [0.05, 0.1) is 13.2 Å². The molecule has 98 valence electrons. The van der Waals surface area contributed by atoms with Crippen molar-refractivity contribution in [1.82, 2.24) is 4.90 Å². The van der Waals surface area contributed by atoms with Crippen molar-refractivity contribution in [2.45, 2.75) is 12.1 Å². The molecule has 18 heavy (non-hydrogen) atoms. The molecule has 0 aliphatic carbocycles. The van der Waals surface area contributed by atoms with Crippen LogP contribution in [-0.4, -0.2) is 61.4 Å². The number of hydrogen-bond donors (Lipinski definition) is 0. The van der Waals surface area contributed by atoms with E-state index in [-0.39, 0.29) is 24.0 Å². The van der Waals surface area contributed by atoms with Crippen LogP contribution in [0.25, 0.3) is 0 Å². The number of nitrogens with zero attached hydrogens (tertiary/aromatic N) is 2. The third-order valence-corrected chi connectivity index (χ3v) is 4.39. The van der Waals surface area contributed by atoms with Crippen LogP contribution in [0.3, 0.4) is 0 Å². The molecule has 3 aliphatic heterocycles. The van der Waals surface area contributed by atoms with Crippen LogP contribution < -0.4 is 0 Å². The summed E-state index contributed by atoms with van der Waals surface area (Å²) in [6, 6.07) is -0.378. The van der Waals surface area contributed by atoms with Crippen molar-refractivity contribution in [1.29, 1.82) is 0 Å². The standard InChI is InChI=1S/C12H16N2O3S/c15-12(14-2-4-16-5-3-14)10-11(17-8-13-10)9-1-6-18-7-9/h1,6,8-11H,2-5,7H2. The van der Waals surface area contributed by atoms with Crippen molar-refractivity contribution in [2.75, 3.05) is 32.1 Å². The van der Waals surface area contributed by atoms with Crippen LogP contribution in [0.5, 0.6) is 0 Å². The van der Waals surface area contributed by atoms with Crippen LogP contribution in [0.1, 0.15) is 0 Å². The summed E-state index contributed by atoms with van der Waals surface area (Å²) in [6.07, 6.45) is 3.42. The van der Waals surface area contributed by atoms with E-state index < -0.39 is 0 Å². The Kier molecular flexibility index (Phi) is 3.56. The number of ether oxygens (including phenoxy) is 2. The van der Waals surface area contributed by atoms with Crippen molar-refractivity contribution in [2.24, 2.45) is 10.9 Å². The summed E-state index contributed by atoms with van der Waals surface area (Å²) < 4.78 is 10.8. The Labute approximate surface area is 110 Å². The van der Waals surface area contributed by atoms with Crippen molar-refractivity contribution in [3.8, 4) is 0 Å². The molecule has 3 aliphatic rings. The molecule has 0 bridgehead atoms. The molecule has 0 aromatic carbocycles. The van der Waals surface area contributed by atoms with Gasteiger partial charge in [-0.1, -0.05) is 6.08 Å². The van der Waals surface area contributed by atoms with Gasteiger partial charge in [0.15, 0.2) is 12.4 Å². The minimum absolute atomic E-state index is 0.0716. The fourth-order valence-corrected chi connectivity index (χ4v) is 3.37. The van der Waals surface area contributed by atoms with E-state index >= 15 is 0 Å². The van der Waals surface area contributed by atoms with Gasteiger partial charge in [-0.05, 0) is 5.41 Å². The number of carbonyl (C=O) groups excluding carboxylic acids is 1. The maximum absolute atomic E-state index is 12.4. The highest BCUT2D eigenvalue weighted by Gasteiger charge is 2.40. The number of amides is 1. The fourth-order valence-electron chi connectivity index (χ4n) is 2.42. The van der Waals surface area contributed by atoms with E-state index in [9.17, 15) is 4.79 Å². The molecule has 3 heterocycles. The molecule has 3 unspecified atom stereocenters. The van der Waals surface area contributed by atoms with Crippen molar-refractivity contribution in [3.63, 3.8) is 0 Å².